The lowest BCUT2D eigenvalue weighted by Crippen LogP contribution is -2.48. The number of carbonyl (C=O) groups is 1. The van der Waals surface area contributed by atoms with Gasteiger partial charge in [0.05, 0.1) is 5.54 Å². The van der Waals surface area contributed by atoms with E-state index in [2.05, 4.69) is 27.7 Å². The highest BCUT2D eigenvalue weighted by Gasteiger charge is 2.36. The summed E-state index contributed by atoms with van der Waals surface area (Å²) in [5.74, 6) is 0.0915. The predicted molar refractivity (Wildman–Crippen MR) is 85.2 cm³/mol. The second-order valence-electron chi connectivity index (χ2n) is 6.46. The number of hydrogen-bond acceptors (Lipinski definition) is 3. The molecule has 1 atom stereocenters. The number of nitrogens with zero attached hydrogens (tertiary/aromatic N) is 1. The van der Waals surface area contributed by atoms with Gasteiger partial charge in [0.25, 0.3) is 0 Å². The molecule has 0 aliphatic carbocycles. The second kappa shape index (κ2) is 6.16. The number of carbonyl (C=O) groups excluding carboxylic acids is 1. The summed E-state index contributed by atoms with van der Waals surface area (Å²) in [6.07, 6.45) is 4.56. The van der Waals surface area contributed by atoms with E-state index in [9.17, 15) is 4.79 Å². The molecule has 0 saturated carbocycles. The van der Waals surface area contributed by atoms with Crippen LogP contribution in [0.15, 0.2) is 24.3 Å². The molecule has 2 aliphatic heterocycles. The van der Waals surface area contributed by atoms with Crippen LogP contribution in [-0.4, -0.2) is 36.0 Å². The lowest BCUT2D eigenvalue weighted by Gasteiger charge is -2.24. The molecule has 1 unspecified atom stereocenters. The number of benzene rings is 1. The van der Waals surface area contributed by atoms with E-state index in [-0.39, 0.29) is 5.91 Å². The Kier molecular flexibility index (Phi) is 4.27. The summed E-state index contributed by atoms with van der Waals surface area (Å²) >= 11 is 0. The molecular weight excluding hydrogens is 262 g/mol. The molecule has 4 nitrogen and oxygen atoms in total. The molecule has 0 bridgehead atoms. The van der Waals surface area contributed by atoms with Crippen LogP contribution in [0.1, 0.15) is 38.2 Å². The molecule has 1 aromatic carbocycles. The van der Waals surface area contributed by atoms with E-state index >= 15 is 0 Å². The van der Waals surface area contributed by atoms with Gasteiger partial charge in [0.1, 0.15) is 0 Å². The maximum Gasteiger partial charge on any atom is 0.244 e. The first kappa shape index (κ1) is 14.5. The van der Waals surface area contributed by atoms with E-state index < -0.39 is 5.54 Å². The summed E-state index contributed by atoms with van der Waals surface area (Å²) in [6.45, 7) is 6.20. The Morgan fingerprint density at radius 2 is 2.05 bits per heavy atom. The van der Waals surface area contributed by atoms with Gasteiger partial charge in [0, 0.05) is 12.2 Å². The average Bonchev–Trinajstić information content (AvgIpc) is 3.13. The summed E-state index contributed by atoms with van der Waals surface area (Å²) in [7, 11) is 0. The van der Waals surface area contributed by atoms with Crippen LogP contribution in [0.25, 0.3) is 0 Å². The SMILES string of the molecule is CC1(C(=O)Nc2ccccc2CN2CCCC2)CCCN1. The maximum absolute atomic E-state index is 12.5. The topological polar surface area (TPSA) is 44.4 Å². The van der Waals surface area contributed by atoms with Crippen molar-refractivity contribution in [2.45, 2.75) is 44.7 Å². The van der Waals surface area contributed by atoms with Gasteiger partial charge in [-0.1, -0.05) is 18.2 Å². The number of hydrogen-bond donors (Lipinski definition) is 2. The molecule has 2 fully saturated rings. The van der Waals surface area contributed by atoms with Crippen molar-refractivity contribution in [3.8, 4) is 0 Å². The maximum atomic E-state index is 12.5. The van der Waals surface area contributed by atoms with Crippen molar-refractivity contribution in [2.24, 2.45) is 0 Å². The molecule has 2 saturated heterocycles. The Morgan fingerprint density at radius 3 is 2.76 bits per heavy atom. The molecule has 2 N–H and O–H groups in total. The predicted octanol–water partition coefficient (Wildman–Crippen LogP) is 2.36. The lowest BCUT2D eigenvalue weighted by molar-refractivity contribution is -0.121. The van der Waals surface area contributed by atoms with Crippen molar-refractivity contribution in [3.63, 3.8) is 0 Å². The number of amides is 1. The van der Waals surface area contributed by atoms with E-state index in [0.29, 0.717) is 0 Å². The number of para-hydroxylation sites is 1. The summed E-state index contributed by atoms with van der Waals surface area (Å²) in [4.78, 5) is 15.0. The first-order valence-electron chi connectivity index (χ1n) is 8.04. The molecule has 1 amide bonds. The minimum Gasteiger partial charge on any atom is -0.324 e. The highest BCUT2D eigenvalue weighted by atomic mass is 16.2. The third-order valence-corrected chi connectivity index (χ3v) is 4.73. The van der Waals surface area contributed by atoms with Crippen molar-refractivity contribution >= 4 is 11.6 Å². The molecule has 114 valence electrons. The molecule has 2 aliphatic rings. The Hall–Kier alpha value is -1.39. The number of rotatable bonds is 4. The average molecular weight is 287 g/mol. The van der Waals surface area contributed by atoms with E-state index in [0.717, 1.165) is 31.6 Å². The van der Waals surface area contributed by atoms with Gasteiger partial charge in [0.15, 0.2) is 0 Å². The normalized spacial score (nSPS) is 26.1. The highest BCUT2D eigenvalue weighted by Crippen LogP contribution is 2.24. The minimum atomic E-state index is -0.416. The summed E-state index contributed by atoms with van der Waals surface area (Å²) in [5.41, 5.74) is 1.76. The van der Waals surface area contributed by atoms with Crippen LogP contribution < -0.4 is 10.6 Å². The fraction of sp³-hybridized carbons (Fsp3) is 0.588. The van der Waals surface area contributed by atoms with Crippen molar-refractivity contribution in [1.82, 2.24) is 10.2 Å². The first-order valence-corrected chi connectivity index (χ1v) is 8.04. The van der Waals surface area contributed by atoms with Crippen LogP contribution in [0.3, 0.4) is 0 Å². The molecule has 1 aromatic rings. The molecular formula is C17H25N3O. The molecule has 3 rings (SSSR count). The van der Waals surface area contributed by atoms with E-state index in [1.54, 1.807) is 0 Å². The van der Waals surface area contributed by atoms with Gasteiger partial charge in [-0.2, -0.15) is 0 Å². The number of likely N-dealkylation sites (tertiary alicyclic amines) is 1. The quantitative estimate of drug-likeness (QED) is 0.893. The number of nitrogens with one attached hydrogen (secondary N) is 2. The minimum absolute atomic E-state index is 0.0915. The summed E-state index contributed by atoms with van der Waals surface area (Å²) in [6, 6.07) is 8.18. The zero-order valence-electron chi connectivity index (χ0n) is 12.8. The molecule has 2 heterocycles. The van der Waals surface area contributed by atoms with E-state index in [4.69, 9.17) is 0 Å². The monoisotopic (exact) mass is 287 g/mol. The smallest absolute Gasteiger partial charge is 0.244 e. The highest BCUT2D eigenvalue weighted by molar-refractivity contribution is 5.98. The molecule has 0 spiro atoms. The van der Waals surface area contributed by atoms with Gasteiger partial charge >= 0.3 is 0 Å². The fourth-order valence-electron chi connectivity index (χ4n) is 3.31. The third-order valence-electron chi connectivity index (χ3n) is 4.73. The third kappa shape index (κ3) is 3.27. The summed E-state index contributed by atoms with van der Waals surface area (Å²) in [5, 5.41) is 6.46. The Balaban J connectivity index is 1.71. The van der Waals surface area contributed by atoms with Crippen molar-refractivity contribution in [1.29, 1.82) is 0 Å². The molecule has 0 radical (unpaired) electrons. The van der Waals surface area contributed by atoms with Crippen molar-refractivity contribution in [2.75, 3.05) is 25.0 Å². The van der Waals surface area contributed by atoms with Gasteiger partial charge < -0.3 is 10.6 Å². The Labute approximate surface area is 126 Å². The van der Waals surface area contributed by atoms with Crippen LogP contribution in [0, 0.1) is 0 Å². The largest absolute Gasteiger partial charge is 0.324 e. The molecule has 21 heavy (non-hydrogen) atoms. The first-order chi connectivity index (χ1) is 10.2. The summed E-state index contributed by atoms with van der Waals surface area (Å²) < 4.78 is 0. The van der Waals surface area contributed by atoms with Crippen LogP contribution in [0.5, 0.6) is 0 Å². The van der Waals surface area contributed by atoms with Crippen molar-refractivity contribution in [3.05, 3.63) is 29.8 Å². The zero-order chi connectivity index (χ0) is 14.7. The number of anilines is 1. The molecule has 4 heteroatoms. The van der Waals surface area contributed by atoms with Crippen LogP contribution in [-0.2, 0) is 11.3 Å². The van der Waals surface area contributed by atoms with E-state index in [1.807, 2.05) is 19.1 Å². The van der Waals surface area contributed by atoms with Gasteiger partial charge in [0.2, 0.25) is 5.91 Å². The Morgan fingerprint density at radius 1 is 1.29 bits per heavy atom. The van der Waals surface area contributed by atoms with Crippen LogP contribution >= 0.6 is 0 Å². The zero-order valence-corrected chi connectivity index (χ0v) is 12.8. The Bertz CT molecular complexity index is 503. The second-order valence-corrected chi connectivity index (χ2v) is 6.46. The lowest BCUT2D eigenvalue weighted by atomic mass is 9.99. The fourth-order valence-corrected chi connectivity index (χ4v) is 3.31. The van der Waals surface area contributed by atoms with Crippen LogP contribution in [0.4, 0.5) is 5.69 Å². The van der Waals surface area contributed by atoms with Gasteiger partial charge in [-0.15, -0.1) is 0 Å². The van der Waals surface area contributed by atoms with Crippen molar-refractivity contribution < 1.29 is 4.79 Å². The van der Waals surface area contributed by atoms with Crippen LogP contribution in [0.2, 0.25) is 0 Å². The van der Waals surface area contributed by atoms with Gasteiger partial charge in [-0.3, -0.25) is 9.69 Å². The van der Waals surface area contributed by atoms with E-state index in [1.165, 1.54) is 31.5 Å². The standard InChI is InChI=1S/C17H25N3O/c1-17(9-6-10-18-17)16(21)19-15-8-3-2-7-14(15)13-20-11-4-5-12-20/h2-3,7-8,18H,4-6,9-13H2,1H3,(H,19,21). The molecule has 0 aromatic heterocycles. The van der Waals surface area contributed by atoms with Gasteiger partial charge in [-0.25, -0.2) is 0 Å². The van der Waals surface area contributed by atoms with Gasteiger partial charge in [-0.05, 0) is 63.9 Å².